The van der Waals surface area contributed by atoms with Crippen LogP contribution in [0.4, 0.5) is 0 Å². The highest BCUT2D eigenvalue weighted by atomic mass is 16.3. The van der Waals surface area contributed by atoms with Crippen LogP contribution in [0.3, 0.4) is 0 Å². The van der Waals surface area contributed by atoms with Crippen molar-refractivity contribution >= 4 is 0 Å². The summed E-state index contributed by atoms with van der Waals surface area (Å²) >= 11 is 0. The molecule has 4 heteroatoms. The lowest BCUT2D eigenvalue weighted by atomic mass is 9.88. The maximum Gasteiger partial charge on any atom is 0.0669 e. The van der Waals surface area contributed by atoms with Gasteiger partial charge in [0.25, 0.3) is 0 Å². The molecule has 0 bridgehead atoms. The fourth-order valence-corrected chi connectivity index (χ4v) is 2.39. The summed E-state index contributed by atoms with van der Waals surface area (Å²) < 4.78 is 1.91. The van der Waals surface area contributed by atoms with Crippen molar-refractivity contribution in [1.82, 2.24) is 15.1 Å². The zero-order valence-electron chi connectivity index (χ0n) is 12.2. The predicted molar refractivity (Wildman–Crippen MR) is 80.2 cm³/mol. The molecule has 2 aromatic rings. The summed E-state index contributed by atoms with van der Waals surface area (Å²) in [6.07, 6.45) is 4.74. The van der Waals surface area contributed by atoms with Gasteiger partial charge in [0.15, 0.2) is 0 Å². The van der Waals surface area contributed by atoms with Crippen LogP contribution >= 0.6 is 0 Å². The molecule has 1 unspecified atom stereocenters. The number of nitrogens with one attached hydrogen (secondary N) is 1. The number of nitrogens with zero attached hydrogens (tertiary/aromatic N) is 2. The molecule has 0 aliphatic heterocycles. The minimum Gasteiger partial charge on any atom is -0.394 e. The highest BCUT2D eigenvalue weighted by Crippen LogP contribution is 2.24. The van der Waals surface area contributed by atoms with Crippen molar-refractivity contribution in [3.8, 4) is 0 Å². The van der Waals surface area contributed by atoms with E-state index in [9.17, 15) is 5.11 Å². The summed E-state index contributed by atoms with van der Waals surface area (Å²) in [5.41, 5.74) is 1.86. The van der Waals surface area contributed by atoms with E-state index in [1.807, 2.05) is 35.3 Å². The molecule has 1 aromatic heterocycles. The van der Waals surface area contributed by atoms with E-state index in [0.29, 0.717) is 6.54 Å². The first-order valence-electron chi connectivity index (χ1n) is 7.17. The Labute approximate surface area is 120 Å². The van der Waals surface area contributed by atoms with Crippen molar-refractivity contribution in [2.24, 2.45) is 0 Å². The van der Waals surface area contributed by atoms with E-state index < -0.39 is 5.54 Å². The monoisotopic (exact) mass is 273 g/mol. The molecule has 0 aliphatic carbocycles. The smallest absolute Gasteiger partial charge is 0.0669 e. The van der Waals surface area contributed by atoms with E-state index in [0.717, 1.165) is 24.1 Å². The van der Waals surface area contributed by atoms with E-state index in [4.69, 9.17) is 0 Å². The van der Waals surface area contributed by atoms with Gasteiger partial charge in [-0.2, -0.15) is 5.10 Å². The lowest BCUT2D eigenvalue weighted by molar-refractivity contribution is 0.154. The van der Waals surface area contributed by atoms with Crippen molar-refractivity contribution in [3.05, 3.63) is 53.9 Å². The molecule has 0 amide bonds. The van der Waals surface area contributed by atoms with Gasteiger partial charge in [0, 0.05) is 24.8 Å². The summed E-state index contributed by atoms with van der Waals surface area (Å²) in [5.74, 6) is 0. The normalized spacial score (nSPS) is 14.2. The number of aryl methyl sites for hydroxylation is 1. The van der Waals surface area contributed by atoms with Gasteiger partial charge < -0.3 is 10.4 Å². The average molecular weight is 273 g/mol. The summed E-state index contributed by atoms with van der Waals surface area (Å²) in [5, 5.41) is 17.6. The molecule has 1 heterocycles. The number of aliphatic hydroxyl groups excluding tert-OH is 1. The Kier molecular flexibility index (Phi) is 4.93. The van der Waals surface area contributed by atoms with Crippen LogP contribution in [-0.2, 0) is 18.6 Å². The van der Waals surface area contributed by atoms with Gasteiger partial charge in [0.1, 0.15) is 0 Å². The molecule has 0 saturated heterocycles. The molecule has 0 radical (unpaired) electrons. The molecule has 2 rings (SSSR count). The van der Waals surface area contributed by atoms with E-state index >= 15 is 0 Å². The van der Waals surface area contributed by atoms with Crippen molar-refractivity contribution in [3.63, 3.8) is 0 Å². The van der Waals surface area contributed by atoms with Gasteiger partial charge in [0.05, 0.1) is 18.3 Å². The zero-order valence-corrected chi connectivity index (χ0v) is 12.2. The third-order valence-electron chi connectivity index (χ3n) is 3.84. The van der Waals surface area contributed by atoms with Crippen LogP contribution in [0, 0.1) is 0 Å². The van der Waals surface area contributed by atoms with Gasteiger partial charge in [-0.15, -0.1) is 0 Å². The molecule has 0 saturated carbocycles. The van der Waals surface area contributed by atoms with Crippen LogP contribution in [0.2, 0.25) is 0 Å². The summed E-state index contributed by atoms with van der Waals surface area (Å²) in [6.45, 7) is 5.81. The fraction of sp³-hybridized carbons (Fsp3) is 0.438. The topological polar surface area (TPSA) is 50.1 Å². The Balaban J connectivity index is 2.13. The Morgan fingerprint density at radius 1 is 1.25 bits per heavy atom. The summed E-state index contributed by atoms with van der Waals surface area (Å²) in [4.78, 5) is 0. The molecule has 20 heavy (non-hydrogen) atoms. The van der Waals surface area contributed by atoms with E-state index in [1.54, 1.807) is 0 Å². The second-order valence-corrected chi connectivity index (χ2v) is 5.02. The van der Waals surface area contributed by atoms with Crippen LogP contribution < -0.4 is 5.32 Å². The van der Waals surface area contributed by atoms with Crippen molar-refractivity contribution in [2.75, 3.05) is 6.61 Å². The van der Waals surface area contributed by atoms with Gasteiger partial charge in [-0.05, 0) is 18.9 Å². The number of benzene rings is 1. The predicted octanol–water partition coefficient (Wildman–Crippen LogP) is 2.29. The SMILES string of the molecule is CCn1cc(CNC(CC)(CO)c2ccccc2)cn1. The van der Waals surface area contributed by atoms with Crippen LogP contribution in [0.15, 0.2) is 42.7 Å². The molecule has 1 atom stereocenters. The van der Waals surface area contributed by atoms with E-state index in [1.165, 1.54) is 0 Å². The first-order chi connectivity index (χ1) is 9.74. The molecule has 0 aliphatic rings. The molecule has 4 nitrogen and oxygen atoms in total. The molecule has 2 N–H and O–H groups in total. The number of hydrogen-bond acceptors (Lipinski definition) is 3. The third kappa shape index (κ3) is 3.08. The van der Waals surface area contributed by atoms with Crippen LogP contribution in [0.1, 0.15) is 31.4 Å². The number of rotatable bonds is 7. The van der Waals surface area contributed by atoms with Gasteiger partial charge in [-0.25, -0.2) is 0 Å². The number of aliphatic hydroxyl groups is 1. The lowest BCUT2D eigenvalue weighted by Crippen LogP contribution is -2.44. The third-order valence-corrected chi connectivity index (χ3v) is 3.84. The second kappa shape index (κ2) is 6.68. The average Bonchev–Trinajstić information content (AvgIpc) is 2.98. The van der Waals surface area contributed by atoms with Gasteiger partial charge in [-0.3, -0.25) is 4.68 Å². The Morgan fingerprint density at radius 3 is 2.55 bits per heavy atom. The Hall–Kier alpha value is -1.65. The fourth-order valence-electron chi connectivity index (χ4n) is 2.39. The molecular formula is C16H23N3O. The summed E-state index contributed by atoms with van der Waals surface area (Å²) in [7, 11) is 0. The zero-order chi connectivity index (χ0) is 14.4. The van der Waals surface area contributed by atoms with Crippen molar-refractivity contribution < 1.29 is 5.11 Å². The van der Waals surface area contributed by atoms with Gasteiger partial charge in [-0.1, -0.05) is 37.3 Å². The molecule has 108 valence electrons. The minimum absolute atomic E-state index is 0.0788. The quantitative estimate of drug-likeness (QED) is 0.814. The van der Waals surface area contributed by atoms with Gasteiger partial charge >= 0.3 is 0 Å². The number of hydrogen-bond donors (Lipinski definition) is 2. The maximum atomic E-state index is 9.88. The molecule has 1 aromatic carbocycles. The van der Waals surface area contributed by atoms with Crippen molar-refractivity contribution in [2.45, 2.75) is 38.9 Å². The van der Waals surface area contributed by atoms with E-state index in [-0.39, 0.29) is 6.61 Å². The van der Waals surface area contributed by atoms with Crippen LogP contribution in [0.25, 0.3) is 0 Å². The molecular weight excluding hydrogens is 250 g/mol. The highest BCUT2D eigenvalue weighted by molar-refractivity contribution is 5.25. The Morgan fingerprint density at radius 2 is 2.00 bits per heavy atom. The lowest BCUT2D eigenvalue weighted by Gasteiger charge is -2.32. The number of aromatic nitrogens is 2. The molecule has 0 fully saturated rings. The second-order valence-electron chi connectivity index (χ2n) is 5.02. The van der Waals surface area contributed by atoms with E-state index in [2.05, 4.69) is 36.4 Å². The standard InChI is InChI=1S/C16H23N3O/c1-3-16(13-20,15-8-6-5-7-9-15)17-10-14-11-18-19(4-2)12-14/h5-9,11-12,17,20H,3-4,10,13H2,1-2H3. The van der Waals surface area contributed by atoms with Crippen LogP contribution in [0.5, 0.6) is 0 Å². The van der Waals surface area contributed by atoms with Crippen LogP contribution in [-0.4, -0.2) is 21.5 Å². The highest BCUT2D eigenvalue weighted by Gasteiger charge is 2.28. The van der Waals surface area contributed by atoms with Crippen molar-refractivity contribution in [1.29, 1.82) is 0 Å². The minimum atomic E-state index is -0.393. The largest absolute Gasteiger partial charge is 0.394 e. The molecule has 0 spiro atoms. The Bertz CT molecular complexity index is 518. The van der Waals surface area contributed by atoms with Gasteiger partial charge in [0.2, 0.25) is 0 Å². The summed E-state index contributed by atoms with van der Waals surface area (Å²) in [6, 6.07) is 10.1. The first kappa shape index (κ1) is 14.8. The maximum absolute atomic E-state index is 9.88. The first-order valence-corrected chi connectivity index (χ1v) is 7.17.